The third kappa shape index (κ3) is 3.91. The molecule has 0 radical (unpaired) electrons. The maximum atomic E-state index is 13.3. The Hall–Kier alpha value is -4.21. The molecule has 0 saturated heterocycles. The molecule has 0 unspecified atom stereocenters. The summed E-state index contributed by atoms with van der Waals surface area (Å²) in [6.45, 7) is -1.43. The van der Waals surface area contributed by atoms with Crippen molar-refractivity contribution in [1.29, 1.82) is 0 Å². The van der Waals surface area contributed by atoms with E-state index < -0.39 is 18.3 Å². The van der Waals surface area contributed by atoms with E-state index in [9.17, 15) is 22.4 Å². The van der Waals surface area contributed by atoms with E-state index >= 15 is 0 Å². The molecule has 5 aromatic rings. The van der Waals surface area contributed by atoms with Crippen LogP contribution in [-0.2, 0) is 6.54 Å². The number of hydrogen-bond donors (Lipinski definition) is 2. The van der Waals surface area contributed by atoms with Gasteiger partial charge in [-0.25, -0.2) is 9.37 Å². The van der Waals surface area contributed by atoms with E-state index in [0.29, 0.717) is 38.1 Å². The third-order valence-corrected chi connectivity index (χ3v) is 5.24. The summed E-state index contributed by atoms with van der Waals surface area (Å²) in [5, 5.41) is 10.1. The smallest absolute Gasteiger partial charge is 0.340 e. The van der Waals surface area contributed by atoms with Crippen LogP contribution < -0.4 is 10.9 Å². The molecule has 0 aliphatic carbocycles. The lowest BCUT2D eigenvalue weighted by Gasteiger charge is -2.16. The summed E-state index contributed by atoms with van der Waals surface area (Å²) in [6.07, 6.45) is -1.80. The first-order valence-electron chi connectivity index (χ1n) is 9.84. The van der Waals surface area contributed by atoms with Gasteiger partial charge in [0.25, 0.3) is 5.56 Å². The Morgan fingerprint density at radius 1 is 1.03 bits per heavy atom. The van der Waals surface area contributed by atoms with Crippen molar-refractivity contribution in [2.75, 3.05) is 5.32 Å². The molecule has 2 N–H and O–H groups in total. The van der Waals surface area contributed by atoms with Crippen LogP contribution in [0.1, 0.15) is 0 Å². The van der Waals surface area contributed by atoms with Crippen molar-refractivity contribution in [3.05, 3.63) is 83.2 Å². The summed E-state index contributed by atoms with van der Waals surface area (Å²) in [4.78, 5) is 17.1. The van der Waals surface area contributed by atoms with E-state index in [1.807, 2.05) is 0 Å². The number of alkyl halides is 3. The lowest BCUT2D eigenvalue weighted by molar-refractivity contribution is -0.140. The van der Waals surface area contributed by atoms with E-state index in [1.54, 1.807) is 42.6 Å². The van der Waals surface area contributed by atoms with E-state index in [1.165, 1.54) is 24.4 Å². The number of pyridine rings is 2. The number of anilines is 2. The largest absolute Gasteiger partial charge is 0.406 e. The van der Waals surface area contributed by atoms with E-state index in [4.69, 9.17) is 0 Å². The van der Waals surface area contributed by atoms with Crippen LogP contribution in [0.25, 0.3) is 32.9 Å². The molecule has 0 fully saturated rings. The molecular weight excluding hydrogens is 438 g/mol. The molecule has 0 aliphatic heterocycles. The van der Waals surface area contributed by atoms with Gasteiger partial charge >= 0.3 is 6.18 Å². The van der Waals surface area contributed by atoms with Crippen LogP contribution in [0.15, 0.2) is 71.8 Å². The molecule has 0 bridgehead atoms. The molecule has 0 atom stereocenters. The second-order valence-electron chi connectivity index (χ2n) is 7.43. The lowest BCUT2D eigenvalue weighted by atomic mass is 10.0. The van der Waals surface area contributed by atoms with Crippen molar-refractivity contribution < 1.29 is 17.6 Å². The predicted molar refractivity (Wildman–Crippen MR) is 117 cm³/mol. The summed E-state index contributed by atoms with van der Waals surface area (Å²) in [5.74, 6) is 0.0416. The molecule has 5 rings (SSSR count). The first kappa shape index (κ1) is 20.7. The number of nitrogens with one attached hydrogen (secondary N) is 2. The van der Waals surface area contributed by atoms with Crippen molar-refractivity contribution in [3.8, 4) is 11.1 Å². The molecule has 6 nitrogen and oxygen atoms in total. The molecule has 0 spiro atoms. The van der Waals surface area contributed by atoms with Crippen LogP contribution >= 0.6 is 0 Å². The zero-order valence-electron chi connectivity index (χ0n) is 16.8. The number of hydrogen-bond acceptors (Lipinski definition) is 4. The summed E-state index contributed by atoms with van der Waals surface area (Å²) in [7, 11) is 0. The number of halogens is 4. The first-order chi connectivity index (χ1) is 15.8. The number of H-pyrrole nitrogens is 1. The third-order valence-electron chi connectivity index (χ3n) is 5.24. The van der Waals surface area contributed by atoms with Gasteiger partial charge in [0.1, 0.15) is 18.2 Å². The Labute approximate surface area is 183 Å². The highest BCUT2D eigenvalue weighted by Gasteiger charge is 2.30. The Balaban J connectivity index is 1.69. The summed E-state index contributed by atoms with van der Waals surface area (Å²) < 4.78 is 53.9. The van der Waals surface area contributed by atoms with Crippen LogP contribution in [0, 0.1) is 5.82 Å². The monoisotopic (exact) mass is 453 g/mol. The Bertz CT molecular complexity index is 1540. The number of nitrogens with zero attached hydrogens (tertiary/aromatic N) is 3. The maximum Gasteiger partial charge on any atom is 0.406 e. The first-order valence-corrected chi connectivity index (χ1v) is 9.84. The van der Waals surface area contributed by atoms with E-state index in [0.717, 1.165) is 0 Å². The van der Waals surface area contributed by atoms with Gasteiger partial charge in [0, 0.05) is 22.8 Å². The second-order valence-corrected chi connectivity index (χ2v) is 7.43. The maximum absolute atomic E-state index is 13.3. The Morgan fingerprint density at radius 2 is 1.82 bits per heavy atom. The number of aromatic amines is 1. The fourth-order valence-corrected chi connectivity index (χ4v) is 3.79. The van der Waals surface area contributed by atoms with E-state index in [2.05, 4.69) is 20.5 Å². The van der Waals surface area contributed by atoms with Gasteiger partial charge in [-0.15, -0.1) is 0 Å². The standard InChI is InChI=1S/C23H15F4N5O/c24-14-4-6-15(7-5-14)30-21-16(2-1-9-28-21)13-3-8-17-19(10-13)32(12-23(25,26)27)22(33)18-11-29-31-20(17)18/h1-11H,12H2,(H,28,30)(H,29,31). The van der Waals surface area contributed by atoms with Crippen molar-refractivity contribution in [3.63, 3.8) is 0 Å². The van der Waals surface area contributed by atoms with Crippen LogP contribution in [0.4, 0.5) is 29.1 Å². The Morgan fingerprint density at radius 3 is 2.58 bits per heavy atom. The minimum Gasteiger partial charge on any atom is -0.340 e. The topological polar surface area (TPSA) is 75.6 Å². The fraction of sp³-hybridized carbons (Fsp3) is 0.0870. The molecule has 0 aliphatic rings. The summed E-state index contributed by atoms with van der Waals surface area (Å²) in [5.41, 5.74) is 1.44. The molecule has 3 heterocycles. The highest BCUT2D eigenvalue weighted by atomic mass is 19.4. The number of aromatic nitrogens is 4. The predicted octanol–water partition coefficient (Wildman–Crippen LogP) is 5.38. The van der Waals surface area contributed by atoms with Crippen LogP contribution in [0.5, 0.6) is 0 Å². The van der Waals surface area contributed by atoms with Gasteiger partial charge in [0.05, 0.1) is 22.6 Å². The normalized spacial score (nSPS) is 11.9. The molecule has 0 saturated carbocycles. The Kier molecular flexibility index (Phi) is 4.85. The fourth-order valence-electron chi connectivity index (χ4n) is 3.79. The molecule has 10 heteroatoms. The summed E-state index contributed by atoms with van der Waals surface area (Å²) >= 11 is 0. The molecule has 2 aromatic carbocycles. The van der Waals surface area contributed by atoms with Crippen LogP contribution in [-0.4, -0.2) is 25.9 Å². The molecule has 33 heavy (non-hydrogen) atoms. The minimum atomic E-state index is -4.59. The van der Waals surface area contributed by atoms with Crippen molar-refractivity contribution in [2.45, 2.75) is 12.7 Å². The van der Waals surface area contributed by atoms with Crippen molar-refractivity contribution in [2.24, 2.45) is 0 Å². The average molecular weight is 453 g/mol. The lowest BCUT2D eigenvalue weighted by Crippen LogP contribution is -2.28. The highest BCUT2D eigenvalue weighted by Crippen LogP contribution is 2.32. The van der Waals surface area contributed by atoms with E-state index in [-0.39, 0.29) is 16.7 Å². The van der Waals surface area contributed by atoms with Crippen LogP contribution in [0.3, 0.4) is 0 Å². The van der Waals surface area contributed by atoms with Gasteiger partial charge in [-0.1, -0.05) is 12.1 Å². The number of benzene rings is 2. The van der Waals surface area contributed by atoms with Gasteiger partial charge in [0.2, 0.25) is 0 Å². The van der Waals surface area contributed by atoms with Gasteiger partial charge in [0.15, 0.2) is 0 Å². The zero-order valence-corrected chi connectivity index (χ0v) is 16.8. The van der Waals surface area contributed by atoms with Gasteiger partial charge < -0.3 is 5.32 Å². The zero-order chi connectivity index (χ0) is 23.2. The molecule has 3 aromatic heterocycles. The minimum absolute atomic E-state index is 0.0829. The second kappa shape index (κ2) is 7.73. The average Bonchev–Trinajstić information content (AvgIpc) is 3.28. The van der Waals surface area contributed by atoms with Gasteiger partial charge in [-0.05, 0) is 48.0 Å². The number of rotatable bonds is 4. The molecular formula is C23H15F4N5O. The van der Waals surface area contributed by atoms with Gasteiger partial charge in [-0.3, -0.25) is 14.5 Å². The SMILES string of the molecule is O=c1c2cn[nH]c2c2ccc(-c3cccnc3Nc3ccc(F)cc3)cc2n1CC(F)(F)F. The quantitative estimate of drug-likeness (QED) is 0.358. The number of fused-ring (bicyclic) bond motifs is 3. The van der Waals surface area contributed by atoms with Gasteiger partial charge in [-0.2, -0.15) is 18.3 Å². The molecule has 0 amide bonds. The van der Waals surface area contributed by atoms with Crippen LogP contribution in [0.2, 0.25) is 0 Å². The summed E-state index contributed by atoms with van der Waals surface area (Å²) in [6, 6.07) is 14.0. The van der Waals surface area contributed by atoms with Crippen molar-refractivity contribution in [1.82, 2.24) is 19.7 Å². The molecule has 166 valence electrons. The van der Waals surface area contributed by atoms with Crippen molar-refractivity contribution >= 4 is 33.3 Å². The highest BCUT2D eigenvalue weighted by molar-refractivity contribution is 6.04.